The Morgan fingerprint density at radius 2 is 0.833 bits per heavy atom. The summed E-state index contributed by atoms with van der Waals surface area (Å²) in [5.74, 6) is 2.53. The average Bonchev–Trinajstić information content (AvgIpc) is 3.77. The molecule has 54 heavy (non-hydrogen) atoms. The number of rotatable bonds is 2. The van der Waals surface area contributed by atoms with Crippen molar-refractivity contribution < 1.29 is 4.74 Å². The first-order valence-corrected chi connectivity index (χ1v) is 18.6. The maximum absolute atomic E-state index is 7.18. The lowest BCUT2D eigenvalue weighted by Gasteiger charge is -2.51. The molecule has 0 unspecified atom stereocenters. The molecule has 8 aromatic carbocycles. The number of ether oxygens (including phenoxy) is 1. The fourth-order valence-electron chi connectivity index (χ4n) is 10.2. The third-order valence-electron chi connectivity index (χ3n) is 12.2. The van der Waals surface area contributed by atoms with E-state index >= 15 is 0 Å². The number of fused-ring (bicyclic) bond motifs is 16. The Morgan fingerprint density at radius 1 is 0.370 bits per heavy atom. The topological polar surface area (TPSA) is 27.1 Å². The van der Waals surface area contributed by atoms with Crippen molar-refractivity contribution in [1.82, 2.24) is 9.55 Å². The number of imidazole rings is 1. The monoisotopic (exact) mass is 688 g/mol. The smallest absolute Gasteiger partial charge is 0.149 e. The molecule has 0 atom stereocenters. The van der Waals surface area contributed by atoms with Crippen molar-refractivity contribution >= 4 is 11.0 Å². The second-order valence-corrected chi connectivity index (χ2v) is 14.6. The van der Waals surface area contributed by atoms with Crippen LogP contribution in [0.15, 0.2) is 194 Å². The van der Waals surface area contributed by atoms with Gasteiger partial charge in [0.2, 0.25) is 0 Å². The number of hydrogen-bond acceptors (Lipinski definition) is 2. The van der Waals surface area contributed by atoms with Gasteiger partial charge in [0, 0.05) is 16.8 Å². The molecule has 1 aliphatic heterocycles. The summed E-state index contributed by atoms with van der Waals surface area (Å²) < 4.78 is 9.45. The number of nitrogens with zero attached hydrogens (tertiary/aromatic N) is 2. The standard InChI is InChI=1S/C51H32N2O/c1-2-17-33(18-3-1)53-46-31-14-13-30-45(46)52-49(53)36-21-16-29-44-48(36)54-47-32-15-12-28-43(47)51(44)41-26-10-8-24-39(41)50(40-25-9-11-27-42(40)51)37-22-6-4-19-34(37)35-20-5-7-23-38(35)50/h1-32H. The van der Waals surface area contributed by atoms with Crippen LogP contribution in [-0.4, -0.2) is 9.55 Å². The lowest BCUT2D eigenvalue weighted by atomic mass is 9.51. The van der Waals surface area contributed by atoms with Gasteiger partial charge in [-0.05, 0) is 80.9 Å². The molecule has 2 spiro atoms. The molecule has 0 radical (unpaired) electrons. The first-order chi connectivity index (χ1) is 26.8. The van der Waals surface area contributed by atoms with Crippen molar-refractivity contribution in [2.75, 3.05) is 0 Å². The molecule has 3 heteroatoms. The van der Waals surface area contributed by atoms with Crippen molar-refractivity contribution in [3.05, 3.63) is 239 Å². The maximum Gasteiger partial charge on any atom is 0.149 e. The third-order valence-corrected chi connectivity index (χ3v) is 12.2. The van der Waals surface area contributed by atoms with Crippen LogP contribution < -0.4 is 4.74 Å². The van der Waals surface area contributed by atoms with E-state index in [4.69, 9.17) is 9.72 Å². The number of aromatic nitrogens is 2. The summed E-state index contributed by atoms with van der Waals surface area (Å²) in [6.07, 6.45) is 0. The van der Waals surface area contributed by atoms with Crippen LogP contribution in [0.5, 0.6) is 11.5 Å². The molecule has 3 aliphatic rings. The molecule has 12 rings (SSSR count). The van der Waals surface area contributed by atoms with Crippen molar-refractivity contribution in [3.63, 3.8) is 0 Å². The van der Waals surface area contributed by atoms with Gasteiger partial charge in [0.25, 0.3) is 0 Å². The molecule has 0 saturated carbocycles. The van der Waals surface area contributed by atoms with Gasteiger partial charge in [-0.2, -0.15) is 0 Å². The van der Waals surface area contributed by atoms with E-state index in [2.05, 4.69) is 199 Å². The predicted octanol–water partition coefficient (Wildman–Crippen LogP) is 11.9. The Labute approximate surface area is 313 Å². The zero-order valence-corrected chi connectivity index (χ0v) is 29.3. The normalized spacial score (nSPS) is 14.7. The van der Waals surface area contributed by atoms with Crippen molar-refractivity contribution in [3.8, 4) is 39.7 Å². The summed E-state index contributed by atoms with van der Waals surface area (Å²) in [5.41, 5.74) is 15.4. The number of para-hydroxylation sites is 5. The minimum Gasteiger partial charge on any atom is -0.456 e. The Bertz CT molecular complexity index is 2900. The Morgan fingerprint density at radius 3 is 1.48 bits per heavy atom. The van der Waals surface area contributed by atoms with E-state index in [0.29, 0.717) is 0 Å². The van der Waals surface area contributed by atoms with Crippen LogP contribution in [-0.2, 0) is 10.8 Å². The van der Waals surface area contributed by atoms with Gasteiger partial charge in [-0.3, -0.25) is 4.57 Å². The lowest BCUT2D eigenvalue weighted by Crippen LogP contribution is -2.45. The van der Waals surface area contributed by atoms with Crippen molar-refractivity contribution in [2.24, 2.45) is 0 Å². The zero-order chi connectivity index (χ0) is 35.4. The average molecular weight is 689 g/mol. The summed E-state index contributed by atoms with van der Waals surface area (Å²) >= 11 is 0. The molecule has 0 bridgehead atoms. The van der Waals surface area contributed by atoms with Crippen molar-refractivity contribution in [1.29, 1.82) is 0 Å². The highest BCUT2D eigenvalue weighted by Crippen LogP contribution is 2.67. The Hall–Kier alpha value is -6.97. The minimum absolute atomic E-state index is 0.502. The molecule has 2 heterocycles. The van der Waals surface area contributed by atoms with Gasteiger partial charge in [-0.25, -0.2) is 4.98 Å². The van der Waals surface area contributed by atoms with Crippen LogP contribution in [0.2, 0.25) is 0 Å². The molecule has 1 aromatic heterocycles. The SMILES string of the molecule is c1ccc(-n2c(-c3cccc4c3Oc3ccccc3C43c4ccccc4C4(c5ccccc5-c5ccccc54)c4ccccc43)nc3ccccc32)cc1. The van der Waals surface area contributed by atoms with E-state index in [1.807, 2.05) is 0 Å². The van der Waals surface area contributed by atoms with Crippen molar-refractivity contribution in [2.45, 2.75) is 10.8 Å². The highest BCUT2D eigenvalue weighted by molar-refractivity contribution is 5.91. The summed E-state index contributed by atoms with van der Waals surface area (Å²) in [5, 5.41) is 0. The van der Waals surface area contributed by atoms with Crippen LogP contribution >= 0.6 is 0 Å². The van der Waals surface area contributed by atoms with E-state index < -0.39 is 10.8 Å². The first kappa shape index (κ1) is 29.6. The van der Waals surface area contributed by atoms with E-state index in [1.165, 1.54) is 44.5 Å². The number of benzene rings is 8. The van der Waals surface area contributed by atoms with E-state index in [-0.39, 0.29) is 0 Å². The molecule has 9 aromatic rings. The zero-order valence-electron chi connectivity index (χ0n) is 29.3. The fourth-order valence-corrected chi connectivity index (χ4v) is 10.2. The van der Waals surface area contributed by atoms with Crippen LogP contribution in [0.25, 0.3) is 39.2 Å². The molecule has 0 saturated heterocycles. The summed E-state index contributed by atoms with van der Waals surface area (Å²) in [6, 6.07) is 70.6. The van der Waals surface area contributed by atoms with Gasteiger partial charge >= 0.3 is 0 Å². The van der Waals surface area contributed by atoms with Crippen LogP contribution in [0.3, 0.4) is 0 Å². The second kappa shape index (κ2) is 10.8. The van der Waals surface area contributed by atoms with Crippen LogP contribution in [0.4, 0.5) is 0 Å². The summed E-state index contributed by atoms with van der Waals surface area (Å²) in [4.78, 5) is 5.34. The molecule has 3 nitrogen and oxygen atoms in total. The predicted molar refractivity (Wildman–Crippen MR) is 216 cm³/mol. The van der Waals surface area contributed by atoms with Crippen LogP contribution in [0.1, 0.15) is 44.5 Å². The maximum atomic E-state index is 7.18. The largest absolute Gasteiger partial charge is 0.456 e. The number of hydrogen-bond donors (Lipinski definition) is 0. The molecule has 252 valence electrons. The van der Waals surface area contributed by atoms with Gasteiger partial charge in [-0.1, -0.05) is 158 Å². The highest BCUT2D eigenvalue weighted by atomic mass is 16.5. The molecule has 0 amide bonds. The van der Waals surface area contributed by atoms with E-state index in [9.17, 15) is 0 Å². The molecule has 0 N–H and O–H groups in total. The fraction of sp³-hybridized carbons (Fsp3) is 0.0392. The minimum atomic E-state index is -0.686. The van der Waals surface area contributed by atoms with Crippen LogP contribution in [0, 0.1) is 0 Å². The van der Waals surface area contributed by atoms with E-state index in [0.717, 1.165) is 50.7 Å². The quantitative estimate of drug-likeness (QED) is 0.181. The molecule has 2 aliphatic carbocycles. The Kier molecular flexibility index (Phi) is 5.91. The third kappa shape index (κ3) is 3.54. The van der Waals surface area contributed by atoms with Gasteiger partial charge in [0.1, 0.15) is 17.3 Å². The summed E-state index contributed by atoms with van der Waals surface area (Å²) in [7, 11) is 0. The molecular formula is C51H32N2O. The van der Waals surface area contributed by atoms with Gasteiger partial charge in [-0.15, -0.1) is 0 Å². The highest BCUT2D eigenvalue weighted by Gasteiger charge is 2.58. The molecular weight excluding hydrogens is 657 g/mol. The first-order valence-electron chi connectivity index (χ1n) is 18.6. The van der Waals surface area contributed by atoms with Gasteiger partial charge in [0.05, 0.1) is 27.4 Å². The Balaban J connectivity index is 1.23. The molecule has 0 fully saturated rings. The van der Waals surface area contributed by atoms with Gasteiger partial charge < -0.3 is 4.74 Å². The second-order valence-electron chi connectivity index (χ2n) is 14.6. The van der Waals surface area contributed by atoms with E-state index in [1.54, 1.807) is 0 Å². The summed E-state index contributed by atoms with van der Waals surface area (Å²) in [6.45, 7) is 0. The lowest BCUT2D eigenvalue weighted by molar-refractivity contribution is 0.430. The van der Waals surface area contributed by atoms with Gasteiger partial charge in [0.15, 0.2) is 0 Å².